The molecule has 0 aliphatic carbocycles. The van der Waals surface area contributed by atoms with Gasteiger partial charge < -0.3 is 9.73 Å². The fourth-order valence-corrected chi connectivity index (χ4v) is 2.99. The Hall–Kier alpha value is -3.33. The van der Waals surface area contributed by atoms with Crippen LogP contribution in [0.25, 0.3) is 17.3 Å². The minimum Gasteiger partial charge on any atom is -0.421 e. The van der Waals surface area contributed by atoms with Crippen molar-refractivity contribution < 1.29 is 9.21 Å². The Balaban J connectivity index is 1.39. The minimum absolute atomic E-state index is 0.165. The predicted octanol–water partition coefficient (Wildman–Crippen LogP) is 2.95. The summed E-state index contributed by atoms with van der Waals surface area (Å²) in [5.74, 6) is 1.29. The van der Waals surface area contributed by atoms with Gasteiger partial charge in [-0.15, -0.1) is 10.2 Å². The van der Waals surface area contributed by atoms with E-state index in [0.29, 0.717) is 29.7 Å². The monoisotopic (exact) mass is 366 g/mol. The molecule has 0 aromatic carbocycles. The Morgan fingerprint density at radius 2 is 2.19 bits per heavy atom. The minimum atomic E-state index is -0.165. The van der Waals surface area contributed by atoms with E-state index in [4.69, 9.17) is 4.42 Å². The zero-order chi connectivity index (χ0) is 17.8. The average Bonchev–Trinajstić information content (AvgIpc) is 3.42. The predicted molar refractivity (Wildman–Crippen MR) is 95.9 cm³/mol. The number of carbonyl (C=O) groups excluding carboxylic acids is 1. The number of thiophene rings is 1. The van der Waals surface area contributed by atoms with Crippen LogP contribution in [0.2, 0.25) is 0 Å². The molecule has 4 aromatic rings. The highest BCUT2D eigenvalue weighted by Crippen LogP contribution is 2.21. The summed E-state index contributed by atoms with van der Waals surface area (Å²) in [5.41, 5.74) is 1.48. The van der Waals surface area contributed by atoms with Gasteiger partial charge in [0, 0.05) is 42.4 Å². The summed E-state index contributed by atoms with van der Waals surface area (Å²) in [6, 6.07) is 7.24. The smallest absolute Gasteiger partial charge is 0.248 e. The summed E-state index contributed by atoms with van der Waals surface area (Å²) >= 11 is 1.56. The van der Waals surface area contributed by atoms with Crippen molar-refractivity contribution >= 4 is 22.9 Å². The van der Waals surface area contributed by atoms with Crippen LogP contribution in [-0.4, -0.2) is 30.9 Å². The summed E-state index contributed by atoms with van der Waals surface area (Å²) < 4.78 is 7.19. The molecule has 4 heterocycles. The normalized spacial score (nSPS) is 10.8. The second-order valence-electron chi connectivity index (χ2n) is 5.39. The second kappa shape index (κ2) is 7.28. The second-order valence-corrected chi connectivity index (χ2v) is 6.17. The van der Waals surface area contributed by atoms with Crippen molar-refractivity contribution in [3.63, 3.8) is 0 Å². The fraction of sp³-hybridized carbons (Fsp3) is 0.118. The van der Waals surface area contributed by atoms with Gasteiger partial charge in [0.05, 0.1) is 5.69 Å². The van der Waals surface area contributed by atoms with Gasteiger partial charge in [-0.3, -0.25) is 4.79 Å². The van der Waals surface area contributed by atoms with Crippen LogP contribution < -0.4 is 5.32 Å². The summed E-state index contributed by atoms with van der Waals surface area (Å²) in [6.45, 7) is 0. The maximum Gasteiger partial charge on any atom is 0.248 e. The van der Waals surface area contributed by atoms with Crippen LogP contribution in [-0.2, 0) is 11.2 Å². The van der Waals surface area contributed by atoms with Crippen molar-refractivity contribution in [1.29, 1.82) is 0 Å². The molecule has 4 rings (SSSR count). The van der Waals surface area contributed by atoms with Crippen molar-refractivity contribution in [3.8, 4) is 17.3 Å². The van der Waals surface area contributed by atoms with Crippen LogP contribution in [0.5, 0.6) is 0 Å². The first-order valence-electron chi connectivity index (χ1n) is 7.89. The molecule has 0 atom stereocenters. The molecule has 9 heteroatoms. The first-order chi connectivity index (χ1) is 12.8. The van der Waals surface area contributed by atoms with E-state index in [-0.39, 0.29) is 12.3 Å². The standard InChI is InChI=1S/C17H14N6O2S/c24-14(4-5-15-21-22-17(25-15)12-6-10-26-11-12)20-13-3-1-7-18-16(13)23-9-2-8-19-23/h1-3,6-11H,4-5H2,(H,20,24). The molecule has 0 saturated carbocycles. The van der Waals surface area contributed by atoms with Crippen LogP contribution in [0.4, 0.5) is 5.69 Å². The van der Waals surface area contributed by atoms with E-state index >= 15 is 0 Å². The third-order valence-electron chi connectivity index (χ3n) is 3.58. The number of hydrogen-bond donors (Lipinski definition) is 1. The highest BCUT2D eigenvalue weighted by atomic mass is 32.1. The molecule has 130 valence electrons. The average molecular weight is 366 g/mol. The van der Waals surface area contributed by atoms with Gasteiger partial charge in [-0.25, -0.2) is 9.67 Å². The van der Waals surface area contributed by atoms with Crippen molar-refractivity contribution in [3.05, 3.63) is 59.5 Å². The number of aromatic nitrogens is 5. The number of nitrogens with one attached hydrogen (secondary N) is 1. The van der Waals surface area contributed by atoms with Crippen LogP contribution in [0.15, 0.2) is 58.0 Å². The van der Waals surface area contributed by atoms with E-state index in [1.165, 1.54) is 0 Å². The molecule has 0 unspecified atom stereocenters. The maximum atomic E-state index is 12.3. The van der Waals surface area contributed by atoms with Gasteiger partial charge in [0.2, 0.25) is 17.7 Å². The van der Waals surface area contributed by atoms with Crippen molar-refractivity contribution in [2.24, 2.45) is 0 Å². The lowest BCUT2D eigenvalue weighted by molar-refractivity contribution is -0.116. The van der Waals surface area contributed by atoms with Gasteiger partial charge >= 0.3 is 0 Å². The Morgan fingerprint density at radius 3 is 3.00 bits per heavy atom. The number of nitrogens with zero attached hydrogens (tertiary/aromatic N) is 5. The number of anilines is 1. The maximum absolute atomic E-state index is 12.3. The molecule has 1 N–H and O–H groups in total. The molecular weight excluding hydrogens is 352 g/mol. The molecule has 0 radical (unpaired) electrons. The summed E-state index contributed by atoms with van der Waals surface area (Å²) in [5, 5.41) is 18.9. The van der Waals surface area contributed by atoms with E-state index in [0.717, 1.165) is 5.56 Å². The number of rotatable bonds is 6. The molecule has 0 saturated heterocycles. The molecular formula is C17H14N6O2S. The van der Waals surface area contributed by atoms with Crippen LogP contribution in [0.3, 0.4) is 0 Å². The van der Waals surface area contributed by atoms with E-state index < -0.39 is 0 Å². The SMILES string of the molecule is O=C(CCc1nnc(-c2ccsc2)o1)Nc1cccnc1-n1cccn1. The Labute approximate surface area is 152 Å². The molecule has 26 heavy (non-hydrogen) atoms. The van der Waals surface area contributed by atoms with E-state index in [9.17, 15) is 4.79 Å². The van der Waals surface area contributed by atoms with Gasteiger partial charge in [0.1, 0.15) is 0 Å². The first kappa shape index (κ1) is 16.2. The summed E-state index contributed by atoms with van der Waals surface area (Å²) in [4.78, 5) is 16.6. The lowest BCUT2D eigenvalue weighted by atomic mass is 10.3. The van der Waals surface area contributed by atoms with Crippen LogP contribution in [0, 0.1) is 0 Å². The van der Waals surface area contributed by atoms with Crippen LogP contribution >= 0.6 is 11.3 Å². The fourth-order valence-electron chi connectivity index (χ4n) is 2.36. The molecule has 0 fully saturated rings. The van der Waals surface area contributed by atoms with Gasteiger partial charge in [0.25, 0.3) is 0 Å². The highest BCUT2D eigenvalue weighted by molar-refractivity contribution is 7.08. The molecule has 1 amide bonds. The molecule has 0 spiro atoms. The van der Waals surface area contributed by atoms with Crippen molar-refractivity contribution in [1.82, 2.24) is 25.0 Å². The number of pyridine rings is 1. The third-order valence-corrected chi connectivity index (χ3v) is 4.27. The van der Waals surface area contributed by atoms with E-state index in [1.54, 1.807) is 52.8 Å². The Bertz CT molecular complexity index is 994. The molecule has 0 aliphatic heterocycles. The first-order valence-corrected chi connectivity index (χ1v) is 8.84. The largest absolute Gasteiger partial charge is 0.421 e. The molecule has 0 bridgehead atoms. The quantitative estimate of drug-likeness (QED) is 0.563. The molecule has 0 aliphatic rings. The van der Waals surface area contributed by atoms with Crippen molar-refractivity contribution in [2.45, 2.75) is 12.8 Å². The van der Waals surface area contributed by atoms with E-state index in [2.05, 4.69) is 25.6 Å². The zero-order valence-corrected chi connectivity index (χ0v) is 14.4. The topological polar surface area (TPSA) is 98.7 Å². The zero-order valence-electron chi connectivity index (χ0n) is 13.6. The van der Waals surface area contributed by atoms with E-state index in [1.807, 2.05) is 16.8 Å². The number of aryl methyl sites for hydroxylation is 1. The molecule has 4 aromatic heterocycles. The Kier molecular flexibility index (Phi) is 4.52. The number of hydrogen-bond acceptors (Lipinski definition) is 7. The summed E-state index contributed by atoms with van der Waals surface area (Å²) in [7, 11) is 0. The van der Waals surface area contributed by atoms with Crippen LogP contribution in [0.1, 0.15) is 12.3 Å². The van der Waals surface area contributed by atoms with Gasteiger partial charge in [0.15, 0.2) is 5.82 Å². The number of amides is 1. The third kappa shape index (κ3) is 3.52. The molecule has 8 nitrogen and oxygen atoms in total. The van der Waals surface area contributed by atoms with Gasteiger partial charge in [-0.1, -0.05) is 0 Å². The van der Waals surface area contributed by atoms with Crippen molar-refractivity contribution in [2.75, 3.05) is 5.32 Å². The lowest BCUT2D eigenvalue weighted by Gasteiger charge is -2.09. The van der Waals surface area contributed by atoms with Gasteiger partial charge in [-0.2, -0.15) is 16.4 Å². The number of carbonyl (C=O) groups is 1. The summed E-state index contributed by atoms with van der Waals surface area (Å²) in [6.07, 6.45) is 5.65. The highest BCUT2D eigenvalue weighted by Gasteiger charge is 2.13. The Morgan fingerprint density at radius 1 is 1.23 bits per heavy atom. The van der Waals surface area contributed by atoms with Gasteiger partial charge in [-0.05, 0) is 29.6 Å². The lowest BCUT2D eigenvalue weighted by Crippen LogP contribution is -2.15.